The molecule has 0 aromatic heterocycles. The zero-order chi connectivity index (χ0) is 25.1. The van der Waals surface area contributed by atoms with E-state index in [4.69, 9.17) is 14.2 Å². The van der Waals surface area contributed by atoms with Gasteiger partial charge in [0.15, 0.2) is 11.5 Å². The van der Waals surface area contributed by atoms with Crippen LogP contribution in [-0.2, 0) is 12.8 Å². The van der Waals surface area contributed by atoms with Crippen molar-refractivity contribution < 1.29 is 14.2 Å². The van der Waals surface area contributed by atoms with Gasteiger partial charge in [-0.1, -0.05) is 53.6 Å². The Hall–Kier alpha value is -3.76. The van der Waals surface area contributed by atoms with Crippen LogP contribution in [0.25, 0.3) is 0 Å². The number of aryl methyl sites for hydroxylation is 2. The lowest BCUT2D eigenvalue weighted by Crippen LogP contribution is -2.33. The molecule has 0 radical (unpaired) electrons. The van der Waals surface area contributed by atoms with Crippen molar-refractivity contribution in [3.63, 3.8) is 0 Å². The zero-order valence-electron chi connectivity index (χ0n) is 21.5. The molecule has 0 saturated carbocycles. The standard InChI is InChI=1S/C32H33NO3/c1-22-8-13-25(14-9-22)35-30-7-5-6-27-28(30)18-19-33(3)29(27)20-24-12-17-31(32(21-24)34-4)36-26-15-10-23(2)11-16-26/h5-17,21,29H,18-20H2,1-4H3/t29-/m1/s1. The van der Waals surface area contributed by atoms with Crippen molar-refractivity contribution in [3.05, 3.63) is 113 Å². The number of benzene rings is 4. The van der Waals surface area contributed by atoms with E-state index in [0.29, 0.717) is 0 Å². The van der Waals surface area contributed by atoms with E-state index in [1.54, 1.807) is 7.11 Å². The van der Waals surface area contributed by atoms with Gasteiger partial charge in [0.05, 0.1) is 7.11 Å². The Morgan fingerprint density at radius 3 is 2.03 bits per heavy atom. The Morgan fingerprint density at radius 2 is 1.39 bits per heavy atom. The maximum absolute atomic E-state index is 6.33. The van der Waals surface area contributed by atoms with Crippen LogP contribution in [0.4, 0.5) is 0 Å². The van der Waals surface area contributed by atoms with Crippen molar-refractivity contribution in [1.29, 1.82) is 0 Å². The summed E-state index contributed by atoms with van der Waals surface area (Å²) < 4.78 is 18.1. The summed E-state index contributed by atoms with van der Waals surface area (Å²) in [4.78, 5) is 2.43. The zero-order valence-corrected chi connectivity index (χ0v) is 21.5. The number of rotatable bonds is 7. The highest BCUT2D eigenvalue weighted by Gasteiger charge is 2.27. The molecule has 0 fully saturated rings. The van der Waals surface area contributed by atoms with Gasteiger partial charge >= 0.3 is 0 Å². The van der Waals surface area contributed by atoms with Gasteiger partial charge in [-0.15, -0.1) is 0 Å². The van der Waals surface area contributed by atoms with Gasteiger partial charge in [0.25, 0.3) is 0 Å². The molecule has 36 heavy (non-hydrogen) atoms. The number of nitrogens with zero attached hydrogens (tertiary/aromatic N) is 1. The van der Waals surface area contributed by atoms with Crippen molar-refractivity contribution in [2.45, 2.75) is 32.7 Å². The van der Waals surface area contributed by atoms with E-state index in [0.717, 1.165) is 48.1 Å². The van der Waals surface area contributed by atoms with Crippen molar-refractivity contribution in [3.8, 4) is 28.7 Å². The fourth-order valence-electron chi connectivity index (χ4n) is 4.82. The summed E-state index contributed by atoms with van der Waals surface area (Å²) in [5.74, 6) is 4.08. The fourth-order valence-corrected chi connectivity index (χ4v) is 4.82. The van der Waals surface area contributed by atoms with Crippen LogP contribution in [0.15, 0.2) is 84.9 Å². The number of likely N-dealkylation sites (N-methyl/N-ethyl adjacent to an activating group) is 1. The second-order valence-corrected chi connectivity index (χ2v) is 9.59. The maximum Gasteiger partial charge on any atom is 0.169 e. The van der Waals surface area contributed by atoms with Crippen molar-refractivity contribution >= 4 is 0 Å². The number of fused-ring (bicyclic) bond motifs is 1. The molecule has 1 aliphatic rings. The summed E-state index contributed by atoms with van der Waals surface area (Å²) in [5.41, 5.74) is 6.26. The summed E-state index contributed by atoms with van der Waals surface area (Å²) in [5, 5.41) is 0. The van der Waals surface area contributed by atoms with Gasteiger partial charge in [0, 0.05) is 18.2 Å². The average Bonchev–Trinajstić information content (AvgIpc) is 2.89. The number of methoxy groups -OCH3 is 1. The van der Waals surface area contributed by atoms with Crippen LogP contribution in [0.1, 0.15) is 33.9 Å². The second-order valence-electron chi connectivity index (χ2n) is 9.59. The molecule has 1 aliphatic heterocycles. The number of hydrogen-bond acceptors (Lipinski definition) is 4. The average molecular weight is 480 g/mol. The van der Waals surface area contributed by atoms with Crippen molar-refractivity contribution in [2.75, 3.05) is 20.7 Å². The second kappa shape index (κ2) is 10.5. The molecule has 0 amide bonds. The first kappa shape index (κ1) is 24.0. The van der Waals surface area contributed by atoms with Gasteiger partial charge in [-0.3, -0.25) is 4.90 Å². The third kappa shape index (κ3) is 5.24. The van der Waals surface area contributed by atoms with Gasteiger partial charge in [-0.25, -0.2) is 0 Å². The normalized spacial score (nSPS) is 15.3. The quantitative estimate of drug-likeness (QED) is 0.272. The lowest BCUT2D eigenvalue weighted by atomic mass is 9.88. The lowest BCUT2D eigenvalue weighted by molar-refractivity contribution is 0.227. The maximum atomic E-state index is 6.33. The molecule has 4 aromatic rings. The smallest absolute Gasteiger partial charge is 0.169 e. The molecule has 0 saturated heterocycles. The van der Waals surface area contributed by atoms with Crippen LogP contribution in [0.5, 0.6) is 28.7 Å². The van der Waals surface area contributed by atoms with Crippen LogP contribution in [-0.4, -0.2) is 25.6 Å². The third-order valence-corrected chi connectivity index (χ3v) is 6.93. The Morgan fingerprint density at radius 1 is 0.750 bits per heavy atom. The third-order valence-electron chi connectivity index (χ3n) is 6.93. The topological polar surface area (TPSA) is 30.9 Å². The van der Waals surface area contributed by atoms with E-state index in [1.165, 1.54) is 27.8 Å². The molecule has 0 N–H and O–H groups in total. The van der Waals surface area contributed by atoms with Gasteiger partial charge < -0.3 is 14.2 Å². The Bertz CT molecular complexity index is 1330. The predicted octanol–water partition coefficient (Wildman–Crippen LogP) is 7.67. The first-order valence-corrected chi connectivity index (χ1v) is 12.5. The first-order valence-electron chi connectivity index (χ1n) is 12.5. The van der Waals surface area contributed by atoms with E-state index < -0.39 is 0 Å². The van der Waals surface area contributed by atoms with Crippen molar-refractivity contribution in [1.82, 2.24) is 4.90 Å². The summed E-state index contributed by atoms with van der Waals surface area (Å²) in [6.07, 6.45) is 1.84. The minimum absolute atomic E-state index is 0.254. The molecular weight excluding hydrogens is 446 g/mol. The molecule has 5 rings (SSSR count). The molecule has 1 atom stereocenters. The highest BCUT2D eigenvalue weighted by molar-refractivity contribution is 5.49. The van der Waals surface area contributed by atoms with Crippen LogP contribution < -0.4 is 14.2 Å². The molecule has 0 spiro atoms. The lowest BCUT2D eigenvalue weighted by Gasteiger charge is -2.35. The van der Waals surface area contributed by atoms with E-state index in [-0.39, 0.29) is 6.04 Å². The SMILES string of the molecule is COc1cc(C[C@@H]2c3cccc(Oc4ccc(C)cc4)c3CCN2C)ccc1Oc1ccc(C)cc1. The van der Waals surface area contributed by atoms with E-state index >= 15 is 0 Å². The monoisotopic (exact) mass is 479 g/mol. The molecule has 4 aromatic carbocycles. The van der Waals surface area contributed by atoms with E-state index in [9.17, 15) is 0 Å². The molecule has 4 heteroatoms. The van der Waals surface area contributed by atoms with Gasteiger partial charge in [-0.05, 0) is 87.3 Å². The molecule has 0 unspecified atom stereocenters. The Kier molecular flexibility index (Phi) is 6.97. The Labute approximate surface area is 214 Å². The highest BCUT2D eigenvalue weighted by Crippen LogP contribution is 2.39. The van der Waals surface area contributed by atoms with Crippen LogP contribution >= 0.6 is 0 Å². The summed E-state index contributed by atoms with van der Waals surface area (Å²) >= 11 is 0. The van der Waals surface area contributed by atoms with Gasteiger partial charge in [0.2, 0.25) is 0 Å². The van der Waals surface area contributed by atoms with Crippen LogP contribution in [0.3, 0.4) is 0 Å². The van der Waals surface area contributed by atoms with Gasteiger partial charge in [0.1, 0.15) is 17.2 Å². The molecule has 184 valence electrons. The highest BCUT2D eigenvalue weighted by atomic mass is 16.5. The minimum Gasteiger partial charge on any atom is -0.493 e. The summed E-state index contributed by atoms with van der Waals surface area (Å²) in [7, 11) is 3.89. The van der Waals surface area contributed by atoms with Gasteiger partial charge in [-0.2, -0.15) is 0 Å². The van der Waals surface area contributed by atoms with Crippen LogP contribution in [0.2, 0.25) is 0 Å². The van der Waals surface area contributed by atoms with E-state index in [1.807, 2.05) is 42.5 Å². The molecular formula is C32H33NO3. The fraction of sp³-hybridized carbons (Fsp3) is 0.250. The number of hydrogen-bond donors (Lipinski definition) is 0. The van der Waals surface area contributed by atoms with Crippen molar-refractivity contribution in [2.24, 2.45) is 0 Å². The van der Waals surface area contributed by atoms with Crippen LogP contribution in [0, 0.1) is 13.8 Å². The minimum atomic E-state index is 0.254. The molecule has 0 aliphatic carbocycles. The molecule has 4 nitrogen and oxygen atoms in total. The number of ether oxygens (including phenoxy) is 3. The van der Waals surface area contributed by atoms with E-state index in [2.05, 4.69) is 68.3 Å². The predicted molar refractivity (Wildman–Crippen MR) is 145 cm³/mol. The summed E-state index contributed by atoms with van der Waals surface area (Å²) in [6, 6.07) is 29.2. The molecule has 1 heterocycles. The first-order chi connectivity index (χ1) is 17.5. The Balaban J connectivity index is 1.39. The molecule has 0 bridgehead atoms. The summed E-state index contributed by atoms with van der Waals surface area (Å²) in [6.45, 7) is 5.14. The largest absolute Gasteiger partial charge is 0.493 e.